The summed E-state index contributed by atoms with van der Waals surface area (Å²) in [7, 11) is -1.18. The molecule has 0 unspecified atom stereocenters. The molecule has 1 aromatic carbocycles. The number of halogens is 1. The Morgan fingerprint density at radius 3 is 2.20 bits per heavy atom. The van der Waals surface area contributed by atoms with Gasteiger partial charge in [-0.2, -0.15) is 0 Å². The first-order chi connectivity index (χ1) is 8.93. The zero-order valence-electron chi connectivity index (χ0n) is 13.1. The number of nitrogens with two attached hydrogens (primary N) is 1. The summed E-state index contributed by atoms with van der Waals surface area (Å²) >= 11 is 6.08. The maximum atomic E-state index is 12.4. The molecule has 0 radical (unpaired) electrons. The Bertz CT molecular complexity index is 504. The molecule has 0 aliphatic heterocycles. The van der Waals surface area contributed by atoms with Crippen LogP contribution in [0.2, 0.25) is 5.02 Å². The van der Waals surface area contributed by atoms with Crippen LogP contribution < -0.4 is 10.5 Å². The van der Waals surface area contributed by atoms with Crippen LogP contribution in [0.25, 0.3) is 0 Å². The van der Waals surface area contributed by atoms with Crippen LogP contribution in [0.1, 0.15) is 53.1 Å². The molecule has 3 nitrogen and oxygen atoms in total. The highest BCUT2D eigenvalue weighted by Crippen LogP contribution is 2.37. The summed E-state index contributed by atoms with van der Waals surface area (Å²) in [5.74, 6) is 0. The van der Waals surface area contributed by atoms with E-state index in [4.69, 9.17) is 17.3 Å². The first-order valence-corrected chi connectivity index (χ1v) is 8.18. The van der Waals surface area contributed by atoms with Crippen LogP contribution in [0.4, 0.5) is 5.69 Å². The summed E-state index contributed by atoms with van der Waals surface area (Å²) in [6.07, 6.45) is 0. The largest absolute Gasteiger partial charge is 0.398 e. The van der Waals surface area contributed by atoms with Gasteiger partial charge in [0.1, 0.15) is 0 Å². The highest BCUT2D eigenvalue weighted by Gasteiger charge is 2.32. The third-order valence-corrected chi connectivity index (χ3v) is 4.80. The predicted octanol–water partition coefficient (Wildman–Crippen LogP) is 4.06. The Morgan fingerprint density at radius 2 is 1.75 bits per heavy atom. The maximum absolute atomic E-state index is 12.4. The summed E-state index contributed by atoms with van der Waals surface area (Å²) in [4.78, 5) is 0. The Kier molecular flexibility index (Phi) is 5.28. The van der Waals surface area contributed by atoms with E-state index in [1.807, 2.05) is 26.8 Å². The molecule has 0 bridgehead atoms. The second kappa shape index (κ2) is 6.04. The second-order valence-corrected chi connectivity index (χ2v) is 9.51. The lowest BCUT2D eigenvalue weighted by Crippen LogP contribution is -2.40. The maximum Gasteiger partial charge on any atom is 0.0976 e. The summed E-state index contributed by atoms with van der Waals surface area (Å²) < 4.78 is 15.3. The minimum absolute atomic E-state index is 0.138. The van der Waals surface area contributed by atoms with Gasteiger partial charge < -0.3 is 5.73 Å². The van der Waals surface area contributed by atoms with Crippen LogP contribution in [-0.4, -0.2) is 8.96 Å². The molecule has 0 heterocycles. The van der Waals surface area contributed by atoms with Crippen molar-refractivity contribution in [1.29, 1.82) is 0 Å². The standard InChI is InChI=1S/C15H25ClN2OS/c1-14(2,3)13(18-20(19)15(4,5)6)11-9-10(16)7-8-12(11)17/h7-9,13,18H,17H2,1-6H3/t13-,20-/m1/s1. The second-order valence-electron chi connectivity index (χ2n) is 7.07. The quantitative estimate of drug-likeness (QED) is 0.826. The zero-order valence-corrected chi connectivity index (χ0v) is 14.7. The van der Waals surface area contributed by atoms with E-state index in [-0.39, 0.29) is 16.2 Å². The topological polar surface area (TPSA) is 55.1 Å². The lowest BCUT2D eigenvalue weighted by Gasteiger charge is -2.34. The van der Waals surface area contributed by atoms with Crippen molar-refractivity contribution in [2.24, 2.45) is 5.41 Å². The summed E-state index contributed by atoms with van der Waals surface area (Å²) in [6.45, 7) is 12.1. The molecule has 0 saturated carbocycles. The number of nitrogens with one attached hydrogen (secondary N) is 1. The van der Waals surface area contributed by atoms with Crippen molar-refractivity contribution in [2.75, 3.05) is 5.73 Å². The molecular weight excluding hydrogens is 292 g/mol. The normalized spacial score (nSPS) is 15.9. The van der Waals surface area contributed by atoms with Gasteiger partial charge >= 0.3 is 0 Å². The minimum atomic E-state index is -1.18. The molecule has 5 heteroatoms. The van der Waals surface area contributed by atoms with E-state index in [2.05, 4.69) is 25.5 Å². The average Bonchev–Trinajstić information content (AvgIpc) is 2.26. The lowest BCUT2D eigenvalue weighted by atomic mass is 9.82. The zero-order chi connectivity index (χ0) is 15.7. The van der Waals surface area contributed by atoms with Gasteiger partial charge in [0.25, 0.3) is 0 Å². The van der Waals surface area contributed by atoms with E-state index in [0.717, 1.165) is 5.56 Å². The number of anilines is 1. The molecule has 0 spiro atoms. The van der Waals surface area contributed by atoms with Crippen LogP contribution in [0.3, 0.4) is 0 Å². The summed E-state index contributed by atoms with van der Waals surface area (Å²) in [5.41, 5.74) is 7.49. The van der Waals surface area contributed by atoms with Crippen molar-refractivity contribution in [3.63, 3.8) is 0 Å². The van der Waals surface area contributed by atoms with E-state index in [1.165, 1.54) is 0 Å². The van der Waals surface area contributed by atoms with E-state index in [9.17, 15) is 4.21 Å². The molecule has 1 rings (SSSR count). The Hall–Kier alpha value is -0.580. The van der Waals surface area contributed by atoms with Crippen molar-refractivity contribution < 1.29 is 4.21 Å². The number of rotatable bonds is 3. The van der Waals surface area contributed by atoms with Gasteiger partial charge in [0.15, 0.2) is 0 Å². The fourth-order valence-corrected chi connectivity index (χ4v) is 3.01. The molecule has 20 heavy (non-hydrogen) atoms. The van der Waals surface area contributed by atoms with Crippen molar-refractivity contribution in [2.45, 2.75) is 52.3 Å². The van der Waals surface area contributed by atoms with Crippen LogP contribution in [-0.2, 0) is 11.0 Å². The molecule has 0 amide bonds. The Labute approximate surface area is 129 Å². The van der Waals surface area contributed by atoms with Crippen molar-refractivity contribution in [3.8, 4) is 0 Å². The van der Waals surface area contributed by atoms with Crippen molar-refractivity contribution in [3.05, 3.63) is 28.8 Å². The van der Waals surface area contributed by atoms with Crippen LogP contribution in [0.5, 0.6) is 0 Å². The highest BCUT2D eigenvalue weighted by atomic mass is 35.5. The third kappa shape index (κ3) is 4.47. The van der Waals surface area contributed by atoms with Crippen LogP contribution >= 0.6 is 11.6 Å². The third-order valence-electron chi connectivity index (χ3n) is 3.01. The highest BCUT2D eigenvalue weighted by molar-refractivity contribution is 7.84. The molecule has 3 N–H and O–H groups in total. The average molecular weight is 317 g/mol. The molecule has 0 aliphatic rings. The Morgan fingerprint density at radius 1 is 1.20 bits per heavy atom. The molecule has 0 aromatic heterocycles. The van der Waals surface area contributed by atoms with Gasteiger partial charge in [-0.1, -0.05) is 32.4 Å². The van der Waals surface area contributed by atoms with Gasteiger partial charge in [-0.05, 0) is 49.9 Å². The first kappa shape index (κ1) is 17.5. The molecule has 1 aromatic rings. The smallest absolute Gasteiger partial charge is 0.0976 e. The fourth-order valence-electron chi connectivity index (χ4n) is 1.79. The molecule has 0 fully saturated rings. The predicted molar refractivity (Wildman–Crippen MR) is 89.1 cm³/mol. The molecule has 2 atom stereocenters. The monoisotopic (exact) mass is 316 g/mol. The SMILES string of the molecule is CC(C)(C)[C@H](N[S@](=O)C(C)(C)C)c1cc(Cl)ccc1N. The molecule has 0 aliphatic carbocycles. The summed E-state index contributed by atoms with van der Waals surface area (Å²) in [5, 5.41) is 0.631. The first-order valence-electron chi connectivity index (χ1n) is 6.66. The number of hydrogen-bond donors (Lipinski definition) is 2. The minimum Gasteiger partial charge on any atom is -0.398 e. The molecular formula is C15H25ClN2OS. The number of hydrogen-bond acceptors (Lipinski definition) is 2. The van der Waals surface area contributed by atoms with Gasteiger partial charge in [0, 0.05) is 10.7 Å². The number of nitrogen functional groups attached to an aromatic ring is 1. The number of benzene rings is 1. The van der Waals surface area contributed by atoms with Crippen molar-refractivity contribution in [1.82, 2.24) is 4.72 Å². The van der Waals surface area contributed by atoms with Crippen LogP contribution in [0, 0.1) is 5.41 Å². The van der Waals surface area contributed by atoms with E-state index in [1.54, 1.807) is 12.1 Å². The lowest BCUT2D eigenvalue weighted by molar-refractivity contribution is 0.307. The van der Waals surface area contributed by atoms with Gasteiger partial charge in [-0.15, -0.1) is 0 Å². The molecule has 114 valence electrons. The molecule has 0 saturated heterocycles. The van der Waals surface area contributed by atoms with Gasteiger partial charge in [-0.25, -0.2) is 8.93 Å². The van der Waals surface area contributed by atoms with E-state index >= 15 is 0 Å². The van der Waals surface area contributed by atoms with Gasteiger partial charge in [-0.3, -0.25) is 0 Å². The van der Waals surface area contributed by atoms with Gasteiger partial charge in [0.05, 0.1) is 21.8 Å². The Balaban J connectivity index is 3.21. The van der Waals surface area contributed by atoms with E-state index < -0.39 is 11.0 Å². The van der Waals surface area contributed by atoms with Crippen molar-refractivity contribution >= 4 is 28.3 Å². The van der Waals surface area contributed by atoms with E-state index in [0.29, 0.717) is 10.7 Å². The summed E-state index contributed by atoms with van der Waals surface area (Å²) in [6, 6.07) is 5.26. The fraction of sp³-hybridized carbons (Fsp3) is 0.600. The van der Waals surface area contributed by atoms with Gasteiger partial charge in [0.2, 0.25) is 0 Å². The van der Waals surface area contributed by atoms with Crippen LogP contribution in [0.15, 0.2) is 18.2 Å².